The maximum absolute atomic E-state index is 6.15. The van der Waals surface area contributed by atoms with E-state index in [-0.39, 0.29) is 6.04 Å². The number of aromatic nitrogens is 1. The van der Waals surface area contributed by atoms with E-state index in [1.165, 1.54) is 16.8 Å². The quantitative estimate of drug-likeness (QED) is 0.364. The summed E-state index contributed by atoms with van der Waals surface area (Å²) >= 11 is 0. The Morgan fingerprint density at radius 2 is 1.59 bits per heavy atom. The highest BCUT2D eigenvalue weighted by atomic mass is 16.5. The lowest BCUT2D eigenvalue weighted by Crippen LogP contribution is -2.29. The van der Waals surface area contributed by atoms with Gasteiger partial charge in [-0.05, 0) is 66.1 Å². The summed E-state index contributed by atoms with van der Waals surface area (Å²) in [5, 5.41) is 0. The molecule has 0 saturated carbocycles. The van der Waals surface area contributed by atoms with Gasteiger partial charge in [-0.1, -0.05) is 42.5 Å². The maximum atomic E-state index is 6.15. The van der Waals surface area contributed by atoms with Gasteiger partial charge in [0.15, 0.2) is 0 Å². The van der Waals surface area contributed by atoms with E-state index in [2.05, 4.69) is 58.1 Å². The number of nitrogens with zero attached hydrogens (tertiary/aromatic N) is 2. The molecule has 1 atom stereocenters. The minimum absolute atomic E-state index is 0.161. The Bertz CT molecular complexity index is 1150. The lowest BCUT2D eigenvalue weighted by molar-refractivity contribution is 0.220. The van der Waals surface area contributed by atoms with Crippen LogP contribution in [0.5, 0.6) is 17.2 Å². The van der Waals surface area contributed by atoms with Gasteiger partial charge in [0.25, 0.3) is 0 Å². The molecule has 32 heavy (non-hydrogen) atoms. The van der Waals surface area contributed by atoms with Gasteiger partial charge >= 0.3 is 0 Å². The lowest BCUT2D eigenvalue weighted by Gasteiger charge is -2.31. The third kappa shape index (κ3) is 4.41. The Morgan fingerprint density at radius 1 is 0.781 bits per heavy atom. The highest BCUT2D eigenvalue weighted by molar-refractivity contribution is 5.38. The first-order valence-electron chi connectivity index (χ1n) is 11.1. The van der Waals surface area contributed by atoms with E-state index in [0.717, 1.165) is 43.3 Å². The number of ether oxygens (including phenoxy) is 2. The predicted molar refractivity (Wildman–Crippen MR) is 127 cm³/mol. The zero-order valence-corrected chi connectivity index (χ0v) is 18.4. The molecule has 1 aliphatic rings. The van der Waals surface area contributed by atoms with Crippen LogP contribution in [0.25, 0.3) is 0 Å². The summed E-state index contributed by atoms with van der Waals surface area (Å²) in [5.41, 5.74) is 3.86. The van der Waals surface area contributed by atoms with Gasteiger partial charge in [0.2, 0.25) is 0 Å². The van der Waals surface area contributed by atoms with Crippen LogP contribution in [0.2, 0.25) is 0 Å². The fourth-order valence-corrected chi connectivity index (χ4v) is 4.53. The number of methoxy groups -OCH3 is 1. The van der Waals surface area contributed by atoms with Gasteiger partial charge in [-0.3, -0.25) is 4.90 Å². The van der Waals surface area contributed by atoms with Crippen LogP contribution in [0, 0.1) is 0 Å². The van der Waals surface area contributed by atoms with E-state index in [1.54, 1.807) is 7.11 Å². The van der Waals surface area contributed by atoms with E-state index < -0.39 is 0 Å². The summed E-state index contributed by atoms with van der Waals surface area (Å²) in [4.78, 5) is 2.57. The van der Waals surface area contributed by atoms with Crippen LogP contribution in [0.1, 0.15) is 29.3 Å². The second-order valence-electron chi connectivity index (χ2n) is 8.19. The number of rotatable bonds is 6. The molecule has 0 unspecified atom stereocenters. The summed E-state index contributed by atoms with van der Waals surface area (Å²) in [5.74, 6) is 2.60. The lowest BCUT2D eigenvalue weighted by atomic mass is 10.0. The van der Waals surface area contributed by atoms with Crippen molar-refractivity contribution in [1.29, 1.82) is 0 Å². The van der Waals surface area contributed by atoms with Gasteiger partial charge in [-0.25, -0.2) is 0 Å². The second-order valence-corrected chi connectivity index (χ2v) is 8.19. The third-order valence-electron chi connectivity index (χ3n) is 6.05. The molecule has 0 fully saturated rings. The molecule has 2 heterocycles. The van der Waals surface area contributed by atoms with Crippen molar-refractivity contribution < 1.29 is 9.47 Å². The zero-order chi connectivity index (χ0) is 21.8. The molecule has 1 aliphatic heterocycles. The third-order valence-corrected chi connectivity index (χ3v) is 6.05. The van der Waals surface area contributed by atoms with Crippen LogP contribution in [0.15, 0.2) is 97.2 Å². The summed E-state index contributed by atoms with van der Waals surface area (Å²) < 4.78 is 13.9. The Kier molecular flexibility index (Phi) is 5.95. The summed E-state index contributed by atoms with van der Waals surface area (Å²) in [7, 11) is 1.71. The fraction of sp³-hybridized carbons (Fsp3) is 0.214. The molecule has 4 nitrogen and oxygen atoms in total. The average Bonchev–Trinajstić information content (AvgIpc) is 3.21. The summed E-state index contributed by atoms with van der Waals surface area (Å²) in [6, 6.07) is 31.5. The molecule has 0 spiro atoms. The molecule has 0 amide bonds. The Labute approximate surface area is 189 Å². The Hall–Kier alpha value is -3.50. The van der Waals surface area contributed by atoms with Crippen LogP contribution in [-0.4, -0.2) is 23.1 Å². The molecule has 1 aromatic heterocycles. The Morgan fingerprint density at radius 3 is 2.41 bits per heavy atom. The monoisotopic (exact) mass is 424 g/mol. The van der Waals surface area contributed by atoms with Crippen molar-refractivity contribution in [3.8, 4) is 17.2 Å². The fourth-order valence-electron chi connectivity index (χ4n) is 4.53. The molecule has 5 rings (SSSR count). The number of benzene rings is 3. The highest BCUT2D eigenvalue weighted by Crippen LogP contribution is 2.35. The number of para-hydroxylation sites is 1. The number of fused-ring (bicyclic) bond motifs is 1. The number of aryl methyl sites for hydroxylation is 1. The highest BCUT2D eigenvalue weighted by Gasteiger charge is 2.27. The van der Waals surface area contributed by atoms with Crippen molar-refractivity contribution in [3.05, 3.63) is 114 Å². The van der Waals surface area contributed by atoms with Crippen molar-refractivity contribution in [1.82, 2.24) is 9.47 Å². The molecule has 4 heteroatoms. The topological polar surface area (TPSA) is 26.6 Å². The van der Waals surface area contributed by atoms with Crippen molar-refractivity contribution in [3.63, 3.8) is 0 Å². The molecular weight excluding hydrogens is 396 g/mol. The first-order chi connectivity index (χ1) is 15.8. The molecular formula is C28H28N2O2. The predicted octanol–water partition coefficient (Wildman–Crippen LogP) is 6.28. The van der Waals surface area contributed by atoms with Crippen LogP contribution in [0.3, 0.4) is 0 Å². The average molecular weight is 425 g/mol. The molecule has 0 N–H and O–H groups in total. The molecule has 162 valence electrons. The SMILES string of the molecule is COc1ccc(CN2CCCn3cccc3[C@H]2c2cccc(Oc3ccccc3)c2)cc1. The number of hydrogen-bond acceptors (Lipinski definition) is 3. The standard InChI is InChI=1S/C28H28N2O2/c1-31-24-15-13-22(14-16-24)21-30-19-7-18-29-17-6-12-27(29)28(30)23-8-5-11-26(20-23)32-25-9-3-2-4-10-25/h2-6,8-17,20,28H,7,18-19,21H2,1H3/t28-/m1/s1. The van der Waals surface area contributed by atoms with Crippen LogP contribution >= 0.6 is 0 Å². The maximum Gasteiger partial charge on any atom is 0.127 e. The van der Waals surface area contributed by atoms with Crippen LogP contribution in [-0.2, 0) is 13.1 Å². The van der Waals surface area contributed by atoms with Gasteiger partial charge in [0.1, 0.15) is 17.2 Å². The van der Waals surface area contributed by atoms with Gasteiger partial charge in [-0.2, -0.15) is 0 Å². The molecule has 0 saturated heterocycles. The largest absolute Gasteiger partial charge is 0.497 e. The second kappa shape index (κ2) is 9.33. The Balaban J connectivity index is 1.48. The van der Waals surface area contributed by atoms with E-state index in [9.17, 15) is 0 Å². The van der Waals surface area contributed by atoms with Crippen molar-refractivity contribution in [2.45, 2.75) is 25.6 Å². The molecule has 4 aromatic rings. The first kappa shape index (κ1) is 20.4. The van der Waals surface area contributed by atoms with Gasteiger partial charge in [0, 0.05) is 31.5 Å². The van der Waals surface area contributed by atoms with Crippen LogP contribution in [0.4, 0.5) is 0 Å². The zero-order valence-electron chi connectivity index (χ0n) is 18.4. The minimum Gasteiger partial charge on any atom is -0.497 e. The van der Waals surface area contributed by atoms with Crippen LogP contribution < -0.4 is 9.47 Å². The first-order valence-corrected chi connectivity index (χ1v) is 11.1. The smallest absolute Gasteiger partial charge is 0.127 e. The molecule has 0 bridgehead atoms. The molecule has 3 aromatic carbocycles. The van der Waals surface area contributed by atoms with Crippen molar-refractivity contribution in [2.75, 3.05) is 13.7 Å². The van der Waals surface area contributed by atoms with E-state index in [4.69, 9.17) is 9.47 Å². The summed E-state index contributed by atoms with van der Waals surface area (Å²) in [6.45, 7) is 2.95. The minimum atomic E-state index is 0.161. The van der Waals surface area contributed by atoms with E-state index in [1.807, 2.05) is 48.5 Å². The molecule has 0 aliphatic carbocycles. The van der Waals surface area contributed by atoms with Crippen molar-refractivity contribution >= 4 is 0 Å². The van der Waals surface area contributed by atoms with Crippen molar-refractivity contribution in [2.24, 2.45) is 0 Å². The summed E-state index contributed by atoms with van der Waals surface area (Å²) in [6.07, 6.45) is 3.32. The van der Waals surface area contributed by atoms with E-state index in [0.29, 0.717) is 0 Å². The van der Waals surface area contributed by atoms with E-state index >= 15 is 0 Å². The van der Waals surface area contributed by atoms with Gasteiger partial charge < -0.3 is 14.0 Å². The van der Waals surface area contributed by atoms with Gasteiger partial charge in [0.05, 0.1) is 13.2 Å². The normalized spacial score (nSPS) is 16.2. The molecule has 0 radical (unpaired) electrons. The number of hydrogen-bond donors (Lipinski definition) is 0. The van der Waals surface area contributed by atoms with Gasteiger partial charge in [-0.15, -0.1) is 0 Å².